The largest absolute Gasteiger partial charge is 0.493 e. The Bertz CT molecular complexity index is 882. The molecule has 0 bridgehead atoms. The van der Waals surface area contributed by atoms with Gasteiger partial charge in [0.15, 0.2) is 11.5 Å². The third-order valence-electron chi connectivity index (χ3n) is 4.03. The van der Waals surface area contributed by atoms with E-state index in [2.05, 4.69) is 10.6 Å². The van der Waals surface area contributed by atoms with Crippen LogP contribution in [0.3, 0.4) is 0 Å². The quantitative estimate of drug-likeness (QED) is 0.384. The van der Waals surface area contributed by atoms with E-state index in [1.54, 1.807) is 62.8 Å². The van der Waals surface area contributed by atoms with E-state index in [4.69, 9.17) is 19.3 Å². The van der Waals surface area contributed by atoms with Crippen LogP contribution >= 0.6 is 0 Å². The fraction of sp³-hybridized carbons (Fsp3) is 0.273. The lowest BCUT2D eigenvalue weighted by Crippen LogP contribution is -2.28. The summed E-state index contributed by atoms with van der Waals surface area (Å²) in [7, 11) is 3.09. The van der Waals surface area contributed by atoms with Crippen molar-refractivity contribution in [3.8, 4) is 11.5 Å². The predicted molar refractivity (Wildman–Crippen MR) is 114 cm³/mol. The van der Waals surface area contributed by atoms with Crippen LogP contribution in [0.2, 0.25) is 0 Å². The summed E-state index contributed by atoms with van der Waals surface area (Å²) in [5.41, 5.74) is 1.50. The van der Waals surface area contributed by atoms with Gasteiger partial charge in [0, 0.05) is 12.6 Å². The molecule has 2 amide bonds. The van der Waals surface area contributed by atoms with Crippen LogP contribution in [0.15, 0.2) is 48.5 Å². The molecular weight excluding hydrogens is 388 g/mol. The van der Waals surface area contributed by atoms with Gasteiger partial charge in [-0.25, -0.2) is 0 Å². The number of hydrogen-bond acceptors (Lipinski definition) is 6. The van der Waals surface area contributed by atoms with Crippen LogP contribution in [-0.4, -0.2) is 57.5 Å². The molecule has 8 nitrogen and oxygen atoms in total. The number of benzene rings is 2. The van der Waals surface area contributed by atoms with Gasteiger partial charge in [0.25, 0.3) is 5.91 Å². The number of rotatable bonds is 11. The Kier molecular flexibility index (Phi) is 9.36. The summed E-state index contributed by atoms with van der Waals surface area (Å²) in [5.74, 6) is 0.449. The van der Waals surface area contributed by atoms with Gasteiger partial charge in [-0.2, -0.15) is 0 Å². The minimum absolute atomic E-state index is 0.0698. The Labute approximate surface area is 175 Å². The number of anilines is 1. The number of aliphatic hydroxyl groups excluding tert-OH is 1. The topological polar surface area (TPSA) is 106 Å². The second-order valence-corrected chi connectivity index (χ2v) is 6.07. The van der Waals surface area contributed by atoms with E-state index in [-0.39, 0.29) is 31.6 Å². The standard InChI is InChI=1S/C22H26N2O6/c1-28-19-9-7-16(15-20(19)29-2)8-10-21(26)24-18-6-4-3-5-17(18)22(27)23-11-13-30-14-12-25/h3-10,15,25H,11-14H2,1-2H3,(H,23,27)(H,24,26). The van der Waals surface area contributed by atoms with Gasteiger partial charge >= 0.3 is 0 Å². The summed E-state index contributed by atoms with van der Waals surface area (Å²) in [5, 5.41) is 14.1. The Balaban J connectivity index is 2.00. The predicted octanol–water partition coefficient (Wildman–Crippen LogP) is 2.09. The molecule has 0 spiro atoms. The van der Waals surface area contributed by atoms with Gasteiger partial charge in [0.05, 0.1) is 45.3 Å². The zero-order valence-electron chi connectivity index (χ0n) is 17.0. The van der Waals surface area contributed by atoms with Crippen molar-refractivity contribution in [3.63, 3.8) is 0 Å². The van der Waals surface area contributed by atoms with Crippen molar-refractivity contribution in [3.05, 3.63) is 59.7 Å². The fourth-order valence-electron chi connectivity index (χ4n) is 2.59. The van der Waals surface area contributed by atoms with E-state index in [1.807, 2.05) is 0 Å². The molecule has 0 heterocycles. The Morgan fingerprint density at radius 2 is 1.80 bits per heavy atom. The number of para-hydroxylation sites is 1. The molecule has 0 saturated carbocycles. The molecule has 0 aliphatic heterocycles. The van der Waals surface area contributed by atoms with E-state index >= 15 is 0 Å². The van der Waals surface area contributed by atoms with Crippen molar-refractivity contribution in [2.45, 2.75) is 0 Å². The molecule has 2 rings (SSSR count). The highest BCUT2D eigenvalue weighted by Gasteiger charge is 2.12. The highest BCUT2D eigenvalue weighted by atomic mass is 16.5. The van der Waals surface area contributed by atoms with E-state index in [1.165, 1.54) is 6.08 Å². The van der Waals surface area contributed by atoms with Crippen LogP contribution in [0.25, 0.3) is 6.08 Å². The number of ether oxygens (including phenoxy) is 3. The van der Waals surface area contributed by atoms with Gasteiger partial charge in [0.2, 0.25) is 5.91 Å². The second kappa shape index (κ2) is 12.3. The van der Waals surface area contributed by atoms with Crippen molar-refractivity contribution in [2.75, 3.05) is 45.9 Å². The molecule has 8 heteroatoms. The first-order valence-electron chi connectivity index (χ1n) is 9.36. The zero-order chi connectivity index (χ0) is 21.8. The van der Waals surface area contributed by atoms with Crippen molar-refractivity contribution >= 4 is 23.6 Å². The van der Waals surface area contributed by atoms with Crippen molar-refractivity contribution in [2.24, 2.45) is 0 Å². The van der Waals surface area contributed by atoms with Crippen LogP contribution in [0.5, 0.6) is 11.5 Å². The van der Waals surface area contributed by atoms with Crippen molar-refractivity contribution in [1.82, 2.24) is 5.32 Å². The summed E-state index contributed by atoms with van der Waals surface area (Å²) >= 11 is 0. The molecule has 160 valence electrons. The van der Waals surface area contributed by atoms with Gasteiger partial charge in [-0.3, -0.25) is 9.59 Å². The Morgan fingerprint density at radius 3 is 2.53 bits per heavy atom. The van der Waals surface area contributed by atoms with Crippen molar-refractivity contribution < 1.29 is 28.9 Å². The lowest BCUT2D eigenvalue weighted by molar-refractivity contribution is -0.111. The summed E-state index contributed by atoms with van der Waals surface area (Å²) in [6.07, 6.45) is 3.01. The van der Waals surface area contributed by atoms with E-state index < -0.39 is 0 Å². The molecule has 2 aromatic rings. The SMILES string of the molecule is COc1ccc(C=CC(=O)Nc2ccccc2C(=O)NCCOCCO)cc1OC. The van der Waals surface area contributed by atoms with Crippen LogP contribution in [0.4, 0.5) is 5.69 Å². The van der Waals surface area contributed by atoms with Gasteiger partial charge < -0.3 is 30.0 Å². The molecule has 0 fully saturated rings. The summed E-state index contributed by atoms with van der Waals surface area (Å²) in [4.78, 5) is 24.7. The van der Waals surface area contributed by atoms with Crippen LogP contribution in [0.1, 0.15) is 15.9 Å². The van der Waals surface area contributed by atoms with Gasteiger partial charge in [-0.15, -0.1) is 0 Å². The number of methoxy groups -OCH3 is 2. The Morgan fingerprint density at radius 1 is 1.03 bits per heavy atom. The number of carbonyl (C=O) groups is 2. The molecule has 0 atom stereocenters. The van der Waals surface area contributed by atoms with E-state index in [9.17, 15) is 9.59 Å². The molecule has 0 aliphatic carbocycles. The van der Waals surface area contributed by atoms with Gasteiger partial charge in [0.1, 0.15) is 0 Å². The minimum Gasteiger partial charge on any atom is -0.493 e. The third kappa shape index (κ3) is 6.91. The molecule has 3 N–H and O–H groups in total. The molecule has 30 heavy (non-hydrogen) atoms. The maximum Gasteiger partial charge on any atom is 0.253 e. The monoisotopic (exact) mass is 414 g/mol. The number of carbonyl (C=O) groups excluding carboxylic acids is 2. The van der Waals surface area contributed by atoms with Crippen LogP contribution < -0.4 is 20.1 Å². The summed E-state index contributed by atoms with van der Waals surface area (Å²) in [6, 6.07) is 12.0. The summed E-state index contributed by atoms with van der Waals surface area (Å²) < 4.78 is 15.6. The molecule has 0 aliphatic rings. The first kappa shape index (κ1) is 22.9. The molecule has 0 aromatic heterocycles. The average Bonchev–Trinajstić information content (AvgIpc) is 2.77. The summed E-state index contributed by atoms with van der Waals surface area (Å²) in [6.45, 7) is 0.726. The number of aliphatic hydroxyl groups is 1. The van der Waals surface area contributed by atoms with Crippen molar-refractivity contribution in [1.29, 1.82) is 0 Å². The number of nitrogens with one attached hydrogen (secondary N) is 2. The third-order valence-corrected chi connectivity index (χ3v) is 4.03. The lowest BCUT2D eigenvalue weighted by atomic mass is 10.1. The molecule has 2 aromatic carbocycles. The normalized spacial score (nSPS) is 10.6. The number of hydrogen-bond donors (Lipinski definition) is 3. The minimum atomic E-state index is -0.378. The maximum atomic E-state index is 12.4. The fourth-order valence-corrected chi connectivity index (χ4v) is 2.59. The zero-order valence-corrected chi connectivity index (χ0v) is 17.0. The van der Waals surface area contributed by atoms with Crippen LogP contribution in [-0.2, 0) is 9.53 Å². The second-order valence-electron chi connectivity index (χ2n) is 6.07. The molecule has 0 saturated heterocycles. The van der Waals surface area contributed by atoms with Crippen LogP contribution in [0, 0.1) is 0 Å². The van der Waals surface area contributed by atoms with E-state index in [0.717, 1.165) is 5.56 Å². The first-order valence-corrected chi connectivity index (χ1v) is 9.36. The number of amides is 2. The molecule has 0 radical (unpaired) electrons. The highest BCUT2D eigenvalue weighted by molar-refractivity contribution is 6.07. The maximum absolute atomic E-state index is 12.4. The van der Waals surface area contributed by atoms with Gasteiger partial charge in [-0.1, -0.05) is 18.2 Å². The van der Waals surface area contributed by atoms with E-state index in [0.29, 0.717) is 29.3 Å². The molecular formula is C22H26N2O6. The first-order chi connectivity index (χ1) is 14.6. The molecule has 0 unspecified atom stereocenters. The highest BCUT2D eigenvalue weighted by Crippen LogP contribution is 2.28. The smallest absolute Gasteiger partial charge is 0.253 e. The average molecular weight is 414 g/mol. The Hall–Kier alpha value is -3.36. The van der Waals surface area contributed by atoms with Gasteiger partial charge in [-0.05, 0) is 35.9 Å². The lowest BCUT2D eigenvalue weighted by Gasteiger charge is -2.11.